The van der Waals surface area contributed by atoms with Crippen LogP contribution in [-0.4, -0.2) is 37.4 Å². The van der Waals surface area contributed by atoms with Gasteiger partial charge in [0.2, 0.25) is 5.91 Å². The number of benzene rings is 2. The van der Waals surface area contributed by atoms with E-state index in [9.17, 15) is 9.59 Å². The number of aryl methyl sites for hydroxylation is 2. The minimum absolute atomic E-state index is 0.0687. The summed E-state index contributed by atoms with van der Waals surface area (Å²) >= 11 is 3.42. The van der Waals surface area contributed by atoms with E-state index in [4.69, 9.17) is 4.74 Å². The lowest BCUT2D eigenvalue weighted by Crippen LogP contribution is -2.21. The minimum atomic E-state index is -0.229. The zero-order chi connectivity index (χ0) is 19.1. The van der Waals surface area contributed by atoms with E-state index >= 15 is 0 Å². The SMILES string of the molecule is Cc1ccc(OCC(=O)Nc2ccc(CCC(=O)N(C)C)cc2)c(Br)c1. The predicted molar refractivity (Wildman–Crippen MR) is 106 cm³/mol. The van der Waals surface area contributed by atoms with Crippen molar-refractivity contribution in [1.29, 1.82) is 0 Å². The van der Waals surface area contributed by atoms with Crippen LogP contribution in [0.3, 0.4) is 0 Å². The molecule has 0 heterocycles. The summed E-state index contributed by atoms with van der Waals surface area (Å²) in [6.45, 7) is 1.92. The molecule has 0 aliphatic rings. The maximum atomic E-state index is 12.0. The normalized spacial score (nSPS) is 10.3. The summed E-state index contributed by atoms with van der Waals surface area (Å²) in [5.41, 5.74) is 2.86. The van der Waals surface area contributed by atoms with Gasteiger partial charge in [0.15, 0.2) is 6.61 Å². The molecule has 0 unspecified atom stereocenters. The monoisotopic (exact) mass is 418 g/mol. The van der Waals surface area contributed by atoms with Crippen LogP contribution in [0.5, 0.6) is 5.75 Å². The standard InChI is InChI=1S/C20H23BrN2O3/c1-14-4-10-18(17(21)12-14)26-13-19(24)22-16-8-5-15(6-9-16)7-11-20(25)23(2)3/h4-6,8-10,12H,7,11,13H2,1-3H3,(H,22,24). The maximum absolute atomic E-state index is 12.0. The van der Waals surface area contributed by atoms with Gasteiger partial charge in [-0.2, -0.15) is 0 Å². The van der Waals surface area contributed by atoms with Crippen molar-refractivity contribution in [2.75, 3.05) is 26.0 Å². The summed E-state index contributed by atoms with van der Waals surface area (Å²) in [4.78, 5) is 25.2. The Morgan fingerprint density at radius 1 is 1.12 bits per heavy atom. The number of hydrogen-bond donors (Lipinski definition) is 1. The Kier molecular flexibility index (Phi) is 7.21. The van der Waals surface area contributed by atoms with Gasteiger partial charge in [-0.25, -0.2) is 0 Å². The fraction of sp³-hybridized carbons (Fsp3) is 0.300. The first-order chi connectivity index (χ1) is 12.3. The molecule has 6 heteroatoms. The quantitative estimate of drug-likeness (QED) is 0.743. The van der Waals surface area contributed by atoms with Gasteiger partial charge in [0.05, 0.1) is 4.47 Å². The number of ether oxygens (including phenoxy) is 1. The van der Waals surface area contributed by atoms with Gasteiger partial charge in [-0.05, 0) is 64.7 Å². The molecule has 2 amide bonds. The number of carbonyl (C=O) groups excluding carboxylic acids is 2. The summed E-state index contributed by atoms with van der Waals surface area (Å²) < 4.78 is 6.36. The first kappa shape index (κ1) is 20.0. The number of anilines is 1. The van der Waals surface area contributed by atoms with Crippen molar-refractivity contribution in [3.63, 3.8) is 0 Å². The van der Waals surface area contributed by atoms with E-state index in [0.717, 1.165) is 15.6 Å². The predicted octanol–water partition coefficient (Wildman–Crippen LogP) is 3.80. The average molecular weight is 419 g/mol. The van der Waals surface area contributed by atoms with E-state index in [1.165, 1.54) is 0 Å². The van der Waals surface area contributed by atoms with Crippen LogP contribution < -0.4 is 10.1 Å². The Morgan fingerprint density at radius 3 is 2.42 bits per heavy atom. The zero-order valence-electron chi connectivity index (χ0n) is 15.2. The van der Waals surface area contributed by atoms with Gasteiger partial charge in [0.1, 0.15) is 5.75 Å². The molecule has 138 valence electrons. The lowest BCUT2D eigenvalue weighted by molar-refractivity contribution is -0.128. The van der Waals surface area contributed by atoms with Crippen LogP contribution in [-0.2, 0) is 16.0 Å². The van der Waals surface area contributed by atoms with Crippen LogP contribution in [0.15, 0.2) is 46.9 Å². The second kappa shape index (κ2) is 9.38. The summed E-state index contributed by atoms with van der Waals surface area (Å²) in [5, 5.41) is 2.80. The van der Waals surface area contributed by atoms with Crippen molar-refractivity contribution in [1.82, 2.24) is 4.90 Å². The van der Waals surface area contributed by atoms with Gasteiger partial charge in [0, 0.05) is 26.2 Å². The van der Waals surface area contributed by atoms with Crippen molar-refractivity contribution >= 4 is 33.4 Å². The molecule has 0 aliphatic heterocycles. The Bertz CT molecular complexity index is 773. The van der Waals surface area contributed by atoms with Crippen LogP contribution in [0.1, 0.15) is 17.5 Å². The molecule has 0 radical (unpaired) electrons. The number of halogens is 1. The summed E-state index contributed by atoms with van der Waals surface area (Å²) in [6.07, 6.45) is 1.15. The molecule has 26 heavy (non-hydrogen) atoms. The summed E-state index contributed by atoms with van der Waals surface area (Å²) in [6, 6.07) is 13.2. The van der Waals surface area contributed by atoms with Gasteiger partial charge in [-0.15, -0.1) is 0 Å². The molecule has 5 nitrogen and oxygen atoms in total. The van der Waals surface area contributed by atoms with E-state index in [1.807, 2.05) is 49.4 Å². The molecular formula is C20H23BrN2O3. The molecule has 1 N–H and O–H groups in total. The second-order valence-corrected chi connectivity index (χ2v) is 7.11. The van der Waals surface area contributed by atoms with Gasteiger partial charge < -0.3 is 15.0 Å². The van der Waals surface area contributed by atoms with Crippen LogP contribution in [0.4, 0.5) is 5.69 Å². The highest BCUT2D eigenvalue weighted by atomic mass is 79.9. The molecule has 0 aliphatic carbocycles. The van der Waals surface area contributed by atoms with Crippen LogP contribution in [0, 0.1) is 6.92 Å². The van der Waals surface area contributed by atoms with Crippen LogP contribution in [0.25, 0.3) is 0 Å². The molecule has 0 saturated carbocycles. The number of hydrogen-bond acceptors (Lipinski definition) is 3. The fourth-order valence-electron chi connectivity index (χ4n) is 2.29. The smallest absolute Gasteiger partial charge is 0.262 e. The Balaban J connectivity index is 1.82. The lowest BCUT2D eigenvalue weighted by atomic mass is 10.1. The van der Waals surface area contributed by atoms with Gasteiger partial charge in [-0.3, -0.25) is 9.59 Å². The molecule has 0 bridgehead atoms. The molecular weight excluding hydrogens is 396 g/mol. The summed E-state index contributed by atoms with van der Waals surface area (Å²) in [5.74, 6) is 0.501. The molecule has 2 rings (SSSR count). The maximum Gasteiger partial charge on any atom is 0.262 e. The molecule has 0 saturated heterocycles. The van der Waals surface area contributed by atoms with Crippen LogP contribution >= 0.6 is 15.9 Å². The van der Waals surface area contributed by atoms with E-state index in [2.05, 4.69) is 21.2 Å². The van der Waals surface area contributed by atoms with Crippen molar-refractivity contribution in [2.24, 2.45) is 0 Å². The van der Waals surface area contributed by atoms with Crippen molar-refractivity contribution in [3.05, 3.63) is 58.1 Å². The number of amides is 2. The van der Waals surface area contributed by atoms with Crippen LogP contribution in [0.2, 0.25) is 0 Å². The largest absolute Gasteiger partial charge is 0.483 e. The third-order valence-electron chi connectivity index (χ3n) is 3.81. The van der Waals surface area contributed by atoms with Crippen molar-refractivity contribution in [3.8, 4) is 5.75 Å². The highest BCUT2D eigenvalue weighted by Crippen LogP contribution is 2.25. The Hall–Kier alpha value is -2.34. The topological polar surface area (TPSA) is 58.6 Å². The van der Waals surface area contributed by atoms with Crippen molar-refractivity contribution < 1.29 is 14.3 Å². The lowest BCUT2D eigenvalue weighted by Gasteiger charge is -2.11. The second-order valence-electron chi connectivity index (χ2n) is 6.26. The highest BCUT2D eigenvalue weighted by molar-refractivity contribution is 9.10. The third-order valence-corrected chi connectivity index (χ3v) is 4.43. The van der Waals surface area contributed by atoms with E-state index in [0.29, 0.717) is 24.3 Å². The molecule has 2 aromatic rings. The molecule has 2 aromatic carbocycles. The highest BCUT2D eigenvalue weighted by Gasteiger charge is 2.07. The van der Waals surface area contributed by atoms with Crippen molar-refractivity contribution in [2.45, 2.75) is 19.8 Å². The summed E-state index contributed by atoms with van der Waals surface area (Å²) in [7, 11) is 3.50. The number of carbonyl (C=O) groups is 2. The third kappa shape index (κ3) is 6.19. The van der Waals surface area contributed by atoms with Gasteiger partial charge in [0.25, 0.3) is 5.91 Å². The fourth-order valence-corrected chi connectivity index (χ4v) is 2.90. The molecule has 0 spiro atoms. The molecule has 0 atom stereocenters. The van der Waals surface area contributed by atoms with E-state index in [1.54, 1.807) is 19.0 Å². The van der Waals surface area contributed by atoms with E-state index in [-0.39, 0.29) is 18.4 Å². The number of nitrogens with one attached hydrogen (secondary N) is 1. The molecule has 0 fully saturated rings. The average Bonchev–Trinajstić information content (AvgIpc) is 2.60. The zero-order valence-corrected chi connectivity index (χ0v) is 16.8. The van der Waals surface area contributed by atoms with Gasteiger partial charge in [-0.1, -0.05) is 18.2 Å². The van der Waals surface area contributed by atoms with E-state index < -0.39 is 0 Å². The first-order valence-electron chi connectivity index (χ1n) is 8.33. The molecule has 0 aromatic heterocycles. The Labute approximate surface area is 162 Å². The number of rotatable bonds is 7. The minimum Gasteiger partial charge on any atom is -0.483 e. The Morgan fingerprint density at radius 2 is 1.81 bits per heavy atom. The number of nitrogens with zero attached hydrogens (tertiary/aromatic N) is 1. The van der Waals surface area contributed by atoms with Gasteiger partial charge >= 0.3 is 0 Å². The first-order valence-corrected chi connectivity index (χ1v) is 9.12.